The van der Waals surface area contributed by atoms with Crippen molar-refractivity contribution in [3.8, 4) is 0 Å². The van der Waals surface area contributed by atoms with Crippen LogP contribution >= 0.6 is 0 Å². The molecule has 19 heavy (non-hydrogen) atoms. The van der Waals surface area contributed by atoms with Crippen LogP contribution in [0, 0.1) is 0 Å². The van der Waals surface area contributed by atoms with E-state index in [1.807, 2.05) is 49.4 Å². The molecule has 1 atom stereocenters. The lowest BCUT2D eigenvalue weighted by atomic mass is 9.96. The van der Waals surface area contributed by atoms with Crippen LogP contribution in [0.3, 0.4) is 0 Å². The minimum absolute atomic E-state index is 0.114. The van der Waals surface area contributed by atoms with Gasteiger partial charge in [-0.2, -0.15) is 0 Å². The van der Waals surface area contributed by atoms with Gasteiger partial charge in [-0.05, 0) is 18.9 Å². The Morgan fingerprint density at radius 1 is 1.32 bits per heavy atom. The molecule has 0 fully saturated rings. The zero-order valence-electron chi connectivity index (χ0n) is 11.3. The highest BCUT2D eigenvalue weighted by atomic mass is 16.3. The number of hydrogen-bond acceptors (Lipinski definition) is 2. The molecule has 0 aliphatic heterocycles. The van der Waals surface area contributed by atoms with E-state index in [1.165, 1.54) is 6.08 Å². The van der Waals surface area contributed by atoms with Gasteiger partial charge in [0, 0.05) is 25.1 Å². The maximum absolute atomic E-state index is 11.6. The summed E-state index contributed by atoms with van der Waals surface area (Å²) in [7, 11) is 0. The Morgan fingerprint density at radius 2 is 2.05 bits per heavy atom. The highest BCUT2D eigenvalue weighted by molar-refractivity contribution is 5.87. The number of carbonyl (C=O) groups is 1. The summed E-state index contributed by atoms with van der Waals surface area (Å²) >= 11 is 0. The molecule has 0 spiro atoms. The Kier molecular flexibility index (Phi) is 7.28. The van der Waals surface area contributed by atoms with Crippen molar-refractivity contribution >= 4 is 5.91 Å². The van der Waals surface area contributed by atoms with Gasteiger partial charge in [0.1, 0.15) is 0 Å². The second kappa shape index (κ2) is 9.11. The Bertz CT molecular complexity index is 424. The predicted molar refractivity (Wildman–Crippen MR) is 77.8 cm³/mol. The van der Waals surface area contributed by atoms with Crippen molar-refractivity contribution < 1.29 is 9.90 Å². The smallest absolute Gasteiger partial charge is 0.243 e. The van der Waals surface area contributed by atoms with Crippen molar-refractivity contribution in [2.75, 3.05) is 13.2 Å². The molecule has 1 unspecified atom stereocenters. The van der Waals surface area contributed by atoms with Crippen molar-refractivity contribution in [3.05, 3.63) is 60.2 Å². The summed E-state index contributed by atoms with van der Waals surface area (Å²) in [6, 6.07) is 9.92. The van der Waals surface area contributed by atoms with Crippen LogP contribution < -0.4 is 5.32 Å². The van der Waals surface area contributed by atoms with Crippen LogP contribution in [0.15, 0.2) is 54.6 Å². The fourth-order valence-corrected chi connectivity index (χ4v) is 1.80. The number of amides is 1. The SMILES string of the molecule is CC=CC=CC(=O)NCC(CCO)c1ccccc1. The van der Waals surface area contributed by atoms with Gasteiger partial charge in [0.15, 0.2) is 0 Å². The molecule has 0 saturated heterocycles. The Balaban J connectivity index is 2.53. The van der Waals surface area contributed by atoms with Crippen LogP contribution in [0.2, 0.25) is 0 Å². The van der Waals surface area contributed by atoms with Crippen molar-refractivity contribution in [2.24, 2.45) is 0 Å². The van der Waals surface area contributed by atoms with Gasteiger partial charge < -0.3 is 10.4 Å². The van der Waals surface area contributed by atoms with Gasteiger partial charge in [-0.25, -0.2) is 0 Å². The standard InChI is InChI=1S/C16H21NO2/c1-2-3-5-10-16(19)17-13-15(11-12-18)14-8-6-4-7-9-14/h2-10,15,18H,11-13H2,1H3,(H,17,19). The molecule has 102 valence electrons. The average Bonchev–Trinajstić information content (AvgIpc) is 2.44. The fraction of sp³-hybridized carbons (Fsp3) is 0.312. The van der Waals surface area contributed by atoms with Gasteiger partial charge >= 0.3 is 0 Å². The van der Waals surface area contributed by atoms with E-state index < -0.39 is 0 Å². The van der Waals surface area contributed by atoms with Gasteiger partial charge in [0.25, 0.3) is 0 Å². The van der Waals surface area contributed by atoms with Crippen molar-refractivity contribution in [1.29, 1.82) is 0 Å². The van der Waals surface area contributed by atoms with E-state index in [0.29, 0.717) is 13.0 Å². The first kappa shape index (κ1) is 15.2. The number of allylic oxidation sites excluding steroid dienone is 3. The summed E-state index contributed by atoms with van der Waals surface area (Å²) in [4.78, 5) is 11.6. The van der Waals surface area contributed by atoms with Crippen LogP contribution in [0.1, 0.15) is 24.8 Å². The van der Waals surface area contributed by atoms with E-state index >= 15 is 0 Å². The second-order valence-corrected chi connectivity index (χ2v) is 4.25. The predicted octanol–water partition coefficient (Wildman–Crippen LogP) is 2.40. The first-order chi connectivity index (χ1) is 9.27. The minimum Gasteiger partial charge on any atom is -0.396 e. The summed E-state index contributed by atoms with van der Waals surface area (Å²) in [6.45, 7) is 2.54. The van der Waals surface area contributed by atoms with Crippen LogP contribution in [0.5, 0.6) is 0 Å². The molecule has 0 radical (unpaired) electrons. The number of carbonyl (C=O) groups excluding carboxylic acids is 1. The molecule has 0 aromatic heterocycles. The summed E-state index contributed by atoms with van der Waals surface area (Å²) < 4.78 is 0. The van der Waals surface area contributed by atoms with Gasteiger partial charge in [-0.1, -0.05) is 48.6 Å². The normalized spacial score (nSPS) is 12.9. The van der Waals surface area contributed by atoms with Crippen LogP contribution in [0.25, 0.3) is 0 Å². The number of hydrogen-bond donors (Lipinski definition) is 2. The van der Waals surface area contributed by atoms with E-state index in [9.17, 15) is 4.79 Å². The molecular weight excluding hydrogens is 238 g/mol. The summed E-state index contributed by atoms with van der Waals surface area (Å²) in [6.07, 6.45) is 7.52. The molecule has 0 aliphatic carbocycles. The maximum atomic E-state index is 11.6. The first-order valence-corrected chi connectivity index (χ1v) is 6.51. The summed E-state index contributed by atoms with van der Waals surface area (Å²) in [5, 5.41) is 12.0. The lowest BCUT2D eigenvalue weighted by molar-refractivity contribution is -0.116. The van der Waals surface area contributed by atoms with E-state index in [4.69, 9.17) is 5.11 Å². The molecule has 2 N–H and O–H groups in total. The third-order valence-corrected chi connectivity index (χ3v) is 2.82. The maximum Gasteiger partial charge on any atom is 0.243 e. The largest absolute Gasteiger partial charge is 0.396 e. The zero-order valence-corrected chi connectivity index (χ0v) is 11.3. The highest BCUT2D eigenvalue weighted by Gasteiger charge is 2.11. The molecule has 1 rings (SSSR count). The Labute approximate surface area is 114 Å². The topological polar surface area (TPSA) is 49.3 Å². The van der Waals surface area contributed by atoms with Gasteiger partial charge in [-0.15, -0.1) is 0 Å². The van der Waals surface area contributed by atoms with Crippen molar-refractivity contribution in [3.63, 3.8) is 0 Å². The van der Waals surface area contributed by atoms with Gasteiger partial charge in [-0.3, -0.25) is 4.79 Å². The number of rotatable bonds is 7. The zero-order chi connectivity index (χ0) is 13.9. The van der Waals surface area contributed by atoms with E-state index in [2.05, 4.69) is 5.32 Å². The van der Waals surface area contributed by atoms with Gasteiger partial charge in [0.2, 0.25) is 5.91 Å². The third-order valence-electron chi connectivity index (χ3n) is 2.82. The summed E-state index contributed by atoms with van der Waals surface area (Å²) in [5.74, 6) is 0.0299. The molecule has 3 heteroatoms. The number of nitrogens with one attached hydrogen (secondary N) is 1. The fourth-order valence-electron chi connectivity index (χ4n) is 1.80. The van der Waals surface area contributed by atoms with E-state index in [-0.39, 0.29) is 18.4 Å². The molecule has 0 heterocycles. The Hall–Kier alpha value is -1.87. The molecule has 0 bridgehead atoms. The van der Waals surface area contributed by atoms with Crippen LogP contribution in [-0.2, 0) is 4.79 Å². The average molecular weight is 259 g/mol. The lowest BCUT2D eigenvalue weighted by Gasteiger charge is -2.16. The molecule has 0 aliphatic rings. The quantitative estimate of drug-likeness (QED) is 0.583. The minimum atomic E-state index is -0.114. The molecule has 1 aromatic carbocycles. The van der Waals surface area contributed by atoms with Crippen molar-refractivity contribution in [1.82, 2.24) is 5.32 Å². The third kappa shape index (κ3) is 6.02. The number of aliphatic hydroxyl groups is 1. The second-order valence-electron chi connectivity index (χ2n) is 4.25. The Morgan fingerprint density at radius 3 is 2.68 bits per heavy atom. The van der Waals surface area contributed by atoms with Crippen LogP contribution in [0.4, 0.5) is 0 Å². The number of benzene rings is 1. The van der Waals surface area contributed by atoms with Crippen molar-refractivity contribution in [2.45, 2.75) is 19.3 Å². The molecule has 1 amide bonds. The van der Waals surface area contributed by atoms with Gasteiger partial charge in [0.05, 0.1) is 0 Å². The molecule has 3 nitrogen and oxygen atoms in total. The van der Waals surface area contributed by atoms with E-state index in [0.717, 1.165) is 5.56 Å². The molecular formula is C16H21NO2. The summed E-state index contributed by atoms with van der Waals surface area (Å²) in [5.41, 5.74) is 1.13. The molecule has 1 aromatic rings. The monoisotopic (exact) mass is 259 g/mol. The lowest BCUT2D eigenvalue weighted by Crippen LogP contribution is -2.27. The first-order valence-electron chi connectivity index (χ1n) is 6.51. The highest BCUT2D eigenvalue weighted by Crippen LogP contribution is 2.17. The molecule has 0 saturated carbocycles. The number of aliphatic hydroxyl groups excluding tert-OH is 1. The van der Waals surface area contributed by atoms with E-state index in [1.54, 1.807) is 6.08 Å². The van der Waals surface area contributed by atoms with Crippen LogP contribution in [-0.4, -0.2) is 24.2 Å².